The predicted octanol–water partition coefficient (Wildman–Crippen LogP) is 1.04. The summed E-state index contributed by atoms with van der Waals surface area (Å²) in [5, 5.41) is 3.46. The van der Waals surface area contributed by atoms with Gasteiger partial charge in [0.1, 0.15) is 12.2 Å². The average molecular weight is 195 g/mol. The number of rotatable bonds is 2. The van der Waals surface area contributed by atoms with Crippen molar-refractivity contribution in [2.45, 2.75) is 12.7 Å². The molecule has 1 aromatic heterocycles. The van der Waals surface area contributed by atoms with Gasteiger partial charge in [-0.25, -0.2) is 0 Å². The van der Waals surface area contributed by atoms with Gasteiger partial charge in [-0.3, -0.25) is 4.68 Å². The Morgan fingerprint density at radius 2 is 2.23 bits per heavy atom. The van der Waals surface area contributed by atoms with Crippen molar-refractivity contribution >= 4 is 5.69 Å². The van der Waals surface area contributed by atoms with Crippen molar-refractivity contribution in [2.75, 3.05) is 12.8 Å². The van der Waals surface area contributed by atoms with Crippen LogP contribution in [-0.4, -0.2) is 23.1 Å². The van der Waals surface area contributed by atoms with Crippen LogP contribution in [-0.2, 0) is 6.54 Å². The van der Waals surface area contributed by atoms with Crippen molar-refractivity contribution in [1.82, 2.24) is 9.78 Å². The van der Waals surface area contributed by atoms with E-state index in [-0.39, 0.29) is 11.6 Å². The number of ether oxygens (including phenoxy) is 1. The summed E-state index contributed by atoms with van der Waals surface area (Å²) in [6.45, 7) is -1.17. The van der Waals surface area contributed by atoms with Crippen LogP contribution in [0.5, 0.6) is 5.88 Å². The number of anilines is 1. The lowest BCUT2D eigenvalue weighted by molar-refractivity contribution is -0.142. The second-order valence-electron chi connectivity index (χ2n) is 2.41. The lowest BCUT2D eigenvalue weighted by Crippen LogP contribution is -2.17. The Morgan fingerprint density at radius 1 is 1.62 bits per heavy atom. The normalized spacial score (nSPS) is 11.7. The van der Waals surface area contributed by atoms with Crippen molar-refractivity contribution in [3.63, 3.8) is 0 Å². The highest BCUT2D eigenvalue weighted by Gasteiger charge is 2.28. The Hall–Kier alpha value is -1.40. The molecule has 0 bridgehead atoms. The quantitative estimate of drug-likeness (QED) is 0.766. The van der Waals surface area contributed by atoms with E-state index in [0.29, 0.717) is 4.68 Å². The van der Waals surface area contributed by atoms with Crippen molar-refractivity contribution in [2.24, 2.45) is 0 Å². The van der Waals surface area contributed by atoms with Crippen LogP contribution in [0.25, 0.3) is 0 Å². The Bertz CT molecular complexity index is 294. The molecule has 0 atom stereocenters. The van der Waals surface area contributed by atoms with Crippen molar-refractivity contribution in [1.29, 1.82) is 0 Å². The van der Waals surface area contributed by atoms with Crippen molar-refractivity contribution < 1.29 is 17.9 Å². The summed E-state index contributed by atoms with van der Waals surface area (Å²) in [5.74, 6) is 0.00394. The number of halogens is 3. The van der Waals surface area contributed by atoms with Gasteiger partial charge in [0.25, 0.3) is 5.88 Å². The molecule has 2 N–H and O–H groups in total. The number of alkyl halides is 3. The maximum Gasteiger partial charge on any atom is 0.408 e. The Kier molecular flexibility index (Phi) is 2.35. The minimum atomic E-state index is -4.30. The van der Waals surface area contributed by atoms with E-state index >= 15 is 0 Å². The summed E-state index contributed by atoms with van der Waals surface area (Å²) in [7, 11) is 1.29. The third kappa shape index (κ3) is 2.53. The van der Waals surface area contributed by atoms with E-state index in [1.165, 1.54) is 7.11 Å². The number of methoxy groups -OCH3 is 1. The smallest absolute Gasteiger partial charge is 0.408 e. The first-order valence-electron chi connectivity index (χ1n) is 3.36. The van der Waals surface area contributed by atoms with Gasteiger partial charge in [-0.2, -0.15) is 13.2 Å². The first kappa shape index (κ1) is 9.69. The summed E-state index contributed by atoms with van der Waals surface area (Å²) in [6.07, 6.45) is -3.23. The summed E-state index contributed by atoms with van der Waals surface area (Å²) >= 11 is 0. The van der Waals surface area contributed by atoms with E-state index in [9.17, 15) is 13.2 Å². The number of hydrogen-bond acceptors (Lipinski definition) is 3. The van der Waals surface area contributed by atoms with Gasteiger partial charge in [0.2, 0.25) is 0 Å². The zero-order valence-corrected chi connectivity index (χ0v) is 6.80. The van der Waals surface area contributed by atoms with E-state index < -0.39 is 12.7 Å². The van der Waals surface area contributed by atoms with Gasteiger partial charge in [0.15, 0.2) is 0 Å². The minimum absolute atomic E-state index is 0.00394. The Labute approximate surface area is 72.1 Å². The van der Waals surface area contributed by atoms with Crippen LogP contribution in [0.4, 0.5) is 18.9 Å². The molecule has 4 nitrogen and oxygen atoms in total. The SMILES string of the molecule is COc1nn(CC(F)(F)F)cc1N. The number of nitrogens with zero attached hydrogens (tertiary/aromatic N) is 2. The molecule has 0 unspecified atom stereocenters. The molecule has 1 rings (SSSR count). The molecule has 0 aromatic carbocycles. The molecule has 13 heavy (non-hydrogen) atoms. The Morgan fingerprint density at radius 3 is 2.62 bits per heavy atom. The van der Waals surface area contributed by atoms with Crippen LogP contribution in [0, 0.1) is 0 Å². The monoisotopic (exact) mass is 195 g/mol. The molecule has 0 fully saturated rings. The number of aromatic nitrogens is 2. The topological polar surface area (TPSA) is 53.1 Å². The zero-order valence-electron chi connectivity index (χ0n) is 6.80. The van der Waals surface area contributed by atoms with Gasteiger partial charge >= 0.3 is 6.18 Å². The molecule has 7 heteroatoms. The molecule has 0 aliphatic carbocycles. The molecule has 0 aliphatic rings. The average Bonchev–Trinajstić information content (AvgIpc) is 2.26. The molecule has 0 spiro atoms. The number of nitrogen functional groups attached to an aromatic ring is 1. The summed E-state index contributed by atoms with van der Waals surface area (Å²) in [5.41, 5.74) is 5.38. The Balaban J connectivity index is 2.80. The van der Waals surface area contributed by atoms with Gasteiger partial charge in [-0.1, -0.05) is 0 Å². The molecular weight excluding hydrogens is 187 g/mol. The van der Waals surface area contributed by atoms with E-state index in [0.717, 1.165) is 6.20 Å². The van der Waals surface area contributed by atoms with E-state index in [4.69, 9.17) is 5.73 Å². The van der Waals surface area contributed by atoms with Gasteiger partial charge in [-0.05, 0) is 0 Å². The maximum absolute atomic E-state index is 11.8. The highest BCUT2D eigenvalue weighted by Crippen LogP contribution is 2.21. The lowest BCUT2D eigenvalue weighted by atomic mass is 10.5. The van der Waals surface area contributed by atoms with Crippen LogP contribution in [0.3, 0.4) is 0 Å². The third-order valence-corrected chi connectivity index (χ3v) is 1.29. The lowest BCUT2D eigenvalue weighted by Gasteiger charge is -2.04. The third-order valence-electron chi connectivity index (χ3n) is 1.29. The zero-order chi connectivity index (χ0) is 10.1. The number of hydrogen-bond donors (Lipinski definition) is 1. The molecular formula is C6H8F3N3O. The molecule has 0 saturated carbocycles. The van der Waals surface area contributed by atoms with Gasteiger partial charge in [-0.15, -0.1) is 5.10 Å². The molecule has 74 valence electrons. The highest BCUT2D eigenvalue weighted by molar-refractivity contribution is 5.45. The number of nitrogens with two attached hydrogens (primary N) is 1. The predicted molar refractivity (Wildman–Crippen MR) is 39.2 cm³/mol. The second kappa shape index (κ2) is 3.15. The first-order chi connectivity index (χ1) is 5.92. The molecule has 0 radical (unpaired) electrons. The van der Waals surface area contributed by atoms with E-state index in [1.54, 1.807) is 0 Å². The second-order valence-corrected chi connectivity index (χ2v) is 2.41. The van der Waals surface area contributed by atoms with E-state index in [2.05, 4.69) is 9.84 Å². The fraction of sp³-hybridized carbons (Fsp3) is 0.500. The minimum Gasteiger partial charge on any atom is -0.478 e. The first-order valence-corrected chi connectivity index (χ1v) is 3.36. The maximum atomic E-state index is 11.8. The molecule has 0 aliphatic heterocycles. The van der Waals surface area contributed by atoms with Crippen molar-refractivity contribution in [3.8, 4) is 5.88 Å². The standard InChI is InChI=1S/C6H8F3N3O/c1-13-5-4(10)2-12(11-5)3-6(7,8)9/h2H,3,10H2,1H3. The molecule has 1 aromatic rings. The van der Waals surface area contributed by atoms with Crippen molar-refractivity contribution in [3.05, 3.63) is 6.20 Å². The molecule has 0 saturated heterocycles. The molecule has 0 amide bonds. The summed E-state index contributed by atoms with van der Waals surface area (Å²) in [6, 6.07) is 0. The van der Waals surface area contributed by atoms with Crippen LogP contribution in [0.1, 0.15) is 0 Å². The van der Waals surface area contributed by atoms with Crippen LogP contribution >= 0.6 is 0 Å². The van der Waals surface area contributed by atoms with Crippen LogP contribution in [0.2, 0.25) is 0 Å². The largest absolute Gasteiger partial charge is 0.478 e. The van der Waals surface area contributed by atoms with Gasteiger partial charge in [0, 0.05) is 0 Å². The fourth-order valence-corrected chi connectivity index (χ4v) is 0.842. The fourth-order valence-electron chi connectivity index (χ4n) is 0.842. The summed E-state index contributed by atoms with van der Waals surface area (Å²) in [4.78, 5) is 0. The molecule has 1 heterocycles. The highest BCUT2D eigenvalue weighted by atomic mass is 19.4. The van der Waals surface area contributed by atoms with Gasteiger partial charge < -0.3 is 10.5 Å². The van der Waals surface area contributed by atoms with Gasteiger partial charge in [0.05, 0.1) is 13.3 Å². The van der Waals surface area contributed by atoms with Crippen LogP contribution in [0.15, 0.2) is 6.20 Å². The van der Waals surface area contributed by atoms with Crippen LogP contribution < -0.4 is 10.5 Å². The summed E-state index contributed by atoms with van der Waals surface area (Å²) < 4.78 is 40.8. The van der Waals surface area contributed by atoms with E-state index in [1.807, 2.05) is 0 Å².